The summed E-state index contributed by atoms with van der Waals surface area (Å²) in [6.45, 7) is 8.48. The molecular weight excluding hydrogens is 188 g/mol. The van der Waals surface area contributed by atoms with Crippen molar-refractivity contribution in [2.75, 3.05) is 0 Å². The molecule has 2 nitrogen and oxygen atoms in total. The zero-order valence-electron chi connectivity index (χ0n) is 10.2. The molecule has 2 fully saturated rings. The normalized spacial score (nSPS) is 43.7. The first-order chi connectivity index (χ1) is 7.00. The lowest BCUT2D eigenvalue weighted by Crippen LogP contribution is -2.32. The SMILES string of the molecule is CC(C)OC(=O)C1CC2CC1C(C)C2C. The summed E-state index contributed by atoms with van der Waals surface area (Å²) in [4.78, 5) is 11.9. The predicted octanol–water partition coefficient (Wildman–Crippen LogP) is 2.87. The van der Waals surface area contributed by atoms with E-state index in [1.54, 1.807) is 0 Å². The van der Waals surface area contributed by atoms with Gasteiger partial charge in [0.2, 0.25) is 0 Å². The molecule has 86 valence electrons. The summed E-state index contributed by atoms with van der Waals surface area (Å²) >= 11 is 0. The lowest BCUT2D eigenvalue weighted by atomic mass is 9.76. The van der Waals surface area contributed by atoms with E-state index in [9.17, 15) is 4.79 Å². The zero-order chi connectivity index (χ0) is 11.2. The van der Waals surface area contributed by atoms with Crippen LogP contribution in [0.3, 0.4) is 0 Å². The Bertz CT molecular complexity index is 257. The molecule has 2 heteroatoms. The fraction of sp³-hybridized carbons (Fsp3) is 0.923. The quantitative estimate of drug-likeness (QED) is 0.655. The summed E-state index contributed by atoms with van der Waals surface area (Å²) in [7, 11) is 0. The second kappa shape index (κ2) is 3.80. The van der Waals surface area contributed by atoms with Crippen molar-refractivity contribution >= 4 is 5.97 Å². The second-order valence-electron chi connectivity index (χ2n) is 5.71. The van der Waals surface area contributed by atoms with Gasteiger partial charge >= 0.3 is 5.97 Å². The minimum Gasteiger partial charge on any atom is -0.463 e. The van der Waals surface area contributed by atoms with E-state index < -0.39 is 0 Å². The summed E-state index contributed by atoms with van der Waals surface area (Å²) in [5.41, 5.74) is 0. The van der Waals surface area contributed by atoms with Gasteiger partial charge in [0.15, 0.2) is 0 Å². The van der Waals surface area contributed by atoms with Crippen molar-refractivity contribution in [3.63, 3.8) is 0 Å². The number of fused-ring (bicyclic) bond motifs is 2. The number of hydrogen-bond acceptors (Lipinski definition) is 2. The van der Waals surface area contributed by atoms with Crippen LogP contribution >= 0.6 is 0 Å². The van der Waals surface area contributed by atoms with E-state index in [2.05, 4.69) is 13.8 Å². The predicted molar refractivity (Wildman–Crippen MR) is 59.3 cm³/mol. The Morgan fingerprint density at radius 2 is 1.87 bits per heavy atom. The summed E-state index contributed by atoms with van der Waals surface area (Å²) in [5.74, 6) is 3.12. The van der Waals surface area contributed by atoms with E-state index in [1.807, 2.05) is 13.8 Å². The van der Waals surface area contributed by atoms with Crippen molar-refractivity contribution in [3.05, 3.63) is 0 Å². The van der Waals surface area contributed by atoms with E-state index >= 15 is 0 Å². The van der Waals surface area contributed by atoms with Crippen LogP contribution in [0.2, 0.25) is 0 Å². The molecule has 0 heterocycles. The lowest BCUT2D eigenvalue weighted by molar-refractivity contribution is -0.155. The first kappa shape index (κ1) is 11.0. The van der Waals surface area contributed by atoms with Gasteiger partial charge in [-0.2, -0.15) is 0 Å². The Balaban J connectivity index is 2.00. The molecule has 5 unspecified atom stereocenters. The van der Waals surface area contributed by atoms with Crippen molar-refractivity contribution in [3.8, 4) is 0 Å². The van der Waals surface area contributed by atoms with E-state index in [4.69, 9.17) is 4.74 Å². The molecule has 0 radical (unpaired) electrons. The van der Waals surface area contributed by atoms with Crippen LogP contribution in [0, 0.1) is 29.6 Å². The number of carbonyl (C=O) groups excluding carboxylic acids is 1. The maximum atomic E-state index is 11.9. The summed E-state index contributed by atoms with van der Waals surface area (Å²) in [6.07, 6.45) is 2.35. The van der Waals surface area contributed by atoms with E-state index in [0.717, 1.165) is 18.3 Å². The smallest absolute Gasteiger partial charge is 0.309 e. The fourth-order valence-electron chi connectivity index (χ4n) is 3.53. The maximum Gasteiger partial charge on any atom is 0.309 e. The molecule has 0 aliphatic heterocycles. The highest BCUT2D eigenvalue weighted by atomic mass is 16.5. The highest BCUT2D eigenvalue weighted by molar-refractivity contribution is 5.73. The van der Waals surface area contributed by atoms with E-state index in [0.29, 0.717) is 11.8 Å². The molecule has 2 saturated carbocycles. The van der Waals surface area contributed by atoms with Crippen molar-refractivity contribution in [2.24, 2.45) is 29.6 Å². The lowest BCUT2D eigenvalue weighted by Gasteiger charge is -2.30. The highest BCUT2D eigenvalue weighted by Crippen LogP contribution is 2.55. The van der Waals surface area contributed by atoms with Gasteiger partial charge in [0.05, 0.1) is 12.0 Å². The minimum atomic E-state index is 0.0318. The van der Waals surface area contributed by atoms with Gasteiger partial charge in [-0.25, -0.2) is 0 Å². The van der Waals surface area contributed by atoms with Gasteiger partial charge in [-0.15, -0.1) is 0 Å². The molecule has 0 saturated heterocycles. The van der Waals surface area contributed by atoms with Crippen LogP contribution < -0.4 is 0 Å². The summed E-state index contributed by atoms with van der Waals surface area (Å²) in [6, 6.07) is 0. The Kier molecular flexibility index (Phi) is 2.78. The fourth-order valence-corrected chi connectivity index (χ4v) is 3.53. The first-order valence-corrected chi connectivity index (χ1v) is 6.21. The van der Waals surface area contributed by atoms with Crippen LogP contribution in [-0.2, 0) is 9.53 Å². The van der Waals surface area contributed by atoms with Crippen LogP contribution in [0.15, 0.2) is 0 Å². The van der Waals surface area contributed by atoms with Crippen molar-refractivity contribution < 1.29 is 9.53 Å². The molecule has 0 aromatic rings. The standard InChI is InChI=1S/C13H22O2/c1-7(2)15-13(14)12-6-10-5-11(12)9(4)8(10)3/h7-12H,5-6H2,1-4H3. The Labute approximate surface area is 92.4 Å². The van der Waals surface area contributed by atoms with Crippen molar-refractivity contribution in [1.82, 2.24) is 0 Å². The van der Waals surface area contributed by atoms with Gasteiger partial charge in [0.1, 0.15) is 0 Å². The molecule has 0 aromatic carbocycles. The number of rotatable bonds is 2. The number of hydrogen-bond donors (Lipinski definition) is 0. The average Bonchev–Trinajstić information content (AvgIpc) is 2.67. The molecule has 0 aromatic heterocycles. The molecule has 2 aliphatic carbocycles. The molecule has 2 aliphatic rings. The molecular formula is C13H22O2. The molecule has 15 heavy (non-hydrogen) atoms. The van der Waals surface area contributed by atoms with Crippen LogP contribution in [-0.4, -0.2) is 12.1 Å². The third-order valence-electron chi connectivity index (χ3n) is 4.55. The largest absolute Gasteiger partial charge is 0.463 e. The summed E-state index contributed by atoms with van der Waals surface area (Å²) < 4.78 is 5.33. The third-order valence-corrected chi connectivity index (χ3v) is 4.55. The molecule has 2 bridgehead atoms. The molecule has 0 N–H and O–H groups in total. The van der Waals surface area contributed by atoms with Crippen LogP contribution in [0.1, 0.15) is 40.5 Å². The monoisotopic (exact) mass is 210 g/mol. The average molecular weight is 210 g/mol. The van der Waals surface area contributed by atoms with E-state index in [-0.39, 0.29) is 18.0 Å². The Hall–Kier alpha value is -0.530. The number of esters is 1. The van der Waals surface area contributed by atoms with Gasteiger partial charge in [0.25, 0.3) is 0 Å². The van der Waals surface area contributed by atoms with Crippen molar-refractivity contribution in [1.29, 1.82) is 0 Å². The second-order valence-corrected chi connectivity index (χ2v) is 5.71. The molecule has 0 amide bonds. The Morgan fingerprint density at radius 1 is 1.20 bits per heavy atom. The highest BCUT2D eigenvalue weighted by Gasteiger charge is 2.51. The minimum absolute atomic E-state index is 0.0318. The number of ether oxygens (including phenoxy) is 1. The van der Waals surface area contributed by atoms with Gasteiger partial charge < -0.3 is 4.74 Å². The van der Waals surface area contributed by atoms with Gasteiger partial charge in [-0.05, 0) is 50.4 Å². The zero-order valence-corrected chi connectivity index (χ0v) is 10.2. The van der Waals surface area contributed by atoms with Crippen LogP contribution in [0.4, 0.5) is 0 Å². The maximum absolute atomic E-state index is 11.9. The Morgan fingerprint density at radius 3 is 2.33 bits per heavy atom. The number of carbonyl (C=O) groups is 1. The topological polar surface area (TPSA) is 26.3 Å². The third kappa shape index (κ3) is 1.79. The molecule has 2 rings (SSSR count). The molecule has 0 spiro atoms. The van der Waals surface area contributed by atoms with Gasteiger partial charge in [-0.3, -0.25) is 4.79 Å². The molecule has 5 atom stereocenters. The van der Waals surface area contributed by atoms with Gasteiger partial charge in [0, 0.05) is 0 Å². The first-order valence-electron chi connectivity index (χ1n) is 6.21. The van der Waals surface area contributed by atoms with Crippen molar-refractivity contribution in [2.45, 2.75) is 46.6 Å². The van der Waals surface area contributed by atoms with Crippen LogP contribution in [0.5, 0.6) is 0 Å². The van der Waals surface area contributed by atoms with Crippen LogP contribution in [0.25, 0.3) is 0 Å². The van der Waals surface area contributed by atoms with E-state index in [1.165, 1.54) is 6.42 Å². The summed E-state index contributed by atoms with van der Waals surface area (Å²) in [5, 5.41) is 0. The van der Waals surface area contributed by atoms with Gasteiger partial charge in [-0.1, -0.05) is 13.8 Å².